The molecule has 46 heavy (non-hydrogen) atoms. The van der Waals surface area contributed by atoms with Crippen molar-refractivity contribution in [2.24, 2.45) is 5.41 Å². The number of ether oxygens (including phenoxy) is 3. The molecule has 0 saturated carbocycles. The molecule has 13 heteroatoms. The number of hydrogen-bond acceptors (Lipinski definition) is 7. The van der Waals surface area contributed by atoms with Crippen LogP contribution in [0.2, 0.25) is 10.0 Å². The Balaban J connectivity index is 0.00000576. The molecule has 3 aromatic rings. The molecule has 1 aliphatic rings. The zero-order valence-corrected chi connectivity index (χ0v) is 32.3. The number of carbonyl (C=O) groups is 3. The van der Waals surface area contributed by atoms with Crippen molar-refractivity contribution >= 4 is 52.4 Å². The first-order valence-corrected chi connectivity index (χ1v) is 15.0. The maximum Gasteiger partial charge on any atom is 0.303 e. The summed E-state index contributed by atoms with van der Waals surface area (Å²) < 4.78 is 17.8. The number of carbonyl (C=O) groups excluding carboxylic acids is 2. The minimum Gasteiger partial charge on any atom is -0.493 e. The number of rotatable bonds is 12. The summed E-state index contributed by atoms with van der Waals surface area (Å²) in [7, 11) is 3.01. The Bertz CT molecular complexity index is 1590. The molecule has 3 N–H and O–H groups in total. The number of methoxy groups -OCH3 is 2. The van der Waals surface area contributed by atoms with Crippen molar-refractivity contribution in [2.45, 2.75) is 45.3 Å². The number of aliphatic carboxylic acids is 1. The molecule has 0 spiro atoms. The van der Waals surface area contributed by atoms with Crippen LogP contribution in [0, 0.1) is 49.5 Å². The average molecular weight is 887 g/mol. The second-order valence-corrected chi connectivity index (χ2v) is 12.3. The Morgan fingerprint density at radius 1 is 1.04 bits per heavy atom. The summed E-state index contributed by atoms with van der Waals surface area (Å²) in [6.07, 6.45) is -2.40. The summed E-state index contributed by atoms with van der Waals surface area (Å²) in [5.41, 5.74) is 1.89. The third-order valence-electron chi connectivity index (χ3n) is 7.44. The van der Waals surface area contributed by atoms with Crippen molar-refractivity contribution in [3.63, 3.8) is 0 Å². The average Bonchev–Trinajstić information content (AvgIpc) is 3.11. The number of para-hydroxylation sites is 1. The van der Waals surface area contributed by atoms with Gasteiger partial charge in [0.15, 0.2) is 11.5 Å². The fourth-order valence-electron chi connectivity index (χ4n) is 5.15. The SMILES string of the molecule is COc1cccc([C@H]2O[C@H](CC(=O)Nc3cc(CCC(=O)O)ccc3Cl)C(=O)N(CC(C)(C)CO)c3ccc(Cl)cc32)c1OC.[Ac]. The number of aliphatic hydroxyl groups excluding tert-OH is 1. The molecule has 1 heterocycles. The van der Waals surface area contributed by atoms with E-state index in [2.05, 4.69) is 5.32 Å². The van der Waals surface area contributed by atoms with E-state index in [1.807, 2.05) is 13.8 Å². The first-order chi connectivity index (χ1) is 21.4. The second kappa shape index (κ2) is 16.6. The van der Waals surface area contributed by atoms with E-state index < -0.39 is 35.4 Å². The third-order valence-corrected chi connectivity index (χ3v) is 8.00. The van der Waals surface area contributed by atoms with Crippen molar-refractivity contribution in [3.8, 4) is 11.5 Å². The Morgan fingerprint density at radius 3 is 2.43 bits per heavy atom. The number of fused-ring (bicyclic) bond motifs is 1. The third kappa shape index (κ3) is 9.15. The van der Waals surface area contributed by atoms with Crippen molar-refractivity contribution in [2.75, 3.05) is 37.6 Å². The van der Waals surface area contributed by atoms with Crippen molar-refractivity contribution < 1.29 is 82.9 Å². The standard InChI is InChI=1S/C33H36Cl2N2O8.Ac/c1-33(2,18-38)17-37-25-12-10-20(34)15-22(25)30(21-6-5-7-26(43-3)31(21)44-4)45-27(32(37)42)16-28(39)36-24-14-19(8-11-23(24)35)9-13-29(40)41;/h5-8,10-12,14-15,27,30,38H,9,13,16-18H2,1-4H3,(H,36,39)(H,40,41);/t27-,30-;/m1./s1. The molecular formula is C33H36AcCl2N2O8. The van der Waals surface area contributed by atoms with Gasteiger partial charge in [-0.1, -0.05) is 55.2 Å². The summed E-state index contributed by atoms with van der Waals surface area (Å²) in [4.78, 5) is 40.3. The van der Waals surface area contributed by atoms with Gasteiger partial charge in [0, 0.05) is 90.9 Å². The Labute approximate surface area is 313 Å². The van der Waals surface area contributed by atoms with E-state index in [1.165, 1.54) is 19.1 Å². The molecule has 243 valence electrons. The van der Waals surface area contributed by atoms with Crippen molar-refractivity contribution in [3.05, 3.63) is 81.3 Å². The number of hydrogen-bond donors (Lipinski definition) is 3. The number of halogens is 2. The number of nitrogens with one attached hydrogen (secondary N) is 1. The van der Waals surface area contributed by atoms with E-state index in [0.717, 1.165) is 0 Å². The second-order valence-electron chi connectivity index (χ2n) is 11.5. The van der Waals surface area contributed by atoms with Gasteiger partial charge in [-0.25, -0.2) is 0 Å². The summed E-state index contributed by atoms with van der Waals surface area (Å²) in [6.45, 7) is 3.57. The van der Waals surface area contributed by atoms with Gasteiger partial charge in [0.1, 0.15) is 12.2 Å². The molecule has 0 fully saturated rings. The topological polar surface area (TPSA) is 135 Å². The van der Waals surface area contributed by atoms with Crippen LogP contribution >= 0.6 is 23.2 Å². The summed E-state index contributed by atoms with van der Waals surface area (Å²) >= 11 is 12.8. The van der Waals surface area contributed by atoms with Crippen LogP contribution in [0.15, 0.2) is 54.6 Å². The Hall–Kier alpha value is -2.39. The molecule has 1 radical (unpaired) electrons. The zero-order valence-electron chi connectivity index (χ0n) is 26.0. The molecule has 0 saturated heterocycles. The molecule has 2 amide bonds. The summed E-state index contributed by atoms with van der Waals surface area (Å²) in [6, 6.07) is 15.3. The van der Waals surface area contributed by atoms with Gasteiger partial charge in [-0.2, -0.15) is 0 Å². The van der Waals surface area contributed by atoms with Gasteiger partial charge in [0.25, 0.3) is 5.91 Å². The molecule has 2 atom stereocenters. The number of nitrogens with zero attached hydrogens (tertiary/aromatic N) is 1. The molecule has 0 unspecified atom stereocenters. The monoisotopic (exact) mass is 885 g/mol. The first kappa shape index (κ1) is 38.1. The summed E-state index contributed by atoms with van der Waals surface area (Å²) in [5.74, 6) is -1.14. The Kier molecular flexibility index (Phi) is 13.8. The van der Waals surface area contributed by atoms with Gasteiger partial charge in [0.2, 0.25) is 5.91 Å². The normalized spacial score (nSPS) is 16.2. The number of carboxylic acids is 1. The molecule has 0 aromatic heterocycles. The van der Waals surface area contributed by atoms with Crippen LogP contribution in [-0.2, 0) is 25.5 Å². The van der Waals surface area contributed by atoms with Gasteiger partial charge in [-0.15, -0.1) is 0 Å². The molecular weight excluding hydrogens is 850 g/mol. The fourth-order valence-corrected chi connectivity index (χ4v) is 5.50. The van der Waals surface area contributed by atoms with Crippen LogP contribution in [-0.4, -0.2) is 61.5 Å². The van der Waals surface area contributed by atoms with Crippen LogP contribution in [0.5, 0.6) is 11.5 Å². The van der Waals surface area contributed by atoms with E-state index in [0.29, 0.717) is 38.9 Å². The predicted octanol–water partition coefficient (Wildman–Crippen LogP) is 5.90. The quantitative estimate of drug-likeness (QED) is 0.205. The van der Waals surface area contributed by atoms with E-state index >= 15 is 0 Å². The maximum atomic E-state index is 14.3. The van der Waals surface area contributed by atoms with Gasteiger partial charge in [-0.05, 0) is 48.4 Å². The van der Waals surface area contributed by atoms with Gasteiger partial charge < -0.3 is 34.6 Å². The molecule has 1 aliphatic heterocycles. The van der Waals surface area contributed by atoms with Crippen LogP contribution < -0.4 is 19.7 Å². The number of carboxylic acid groups (broad SMARTS) is 1. The molecule has 4 rings (SSSR count). The number of benzene rings is 3. The smallest absolute Gasteiger partial charge is 0.303 e. The molecule has 3 aromatic carbocycles. The molecule has 0 bridgehead atoms. The summed E-state index contributed by atoms with van der Waals surface area (Å²) in [5, 5.41) is 22.6. The molecule has 10 nitrogen and oxygen atoms in total. The van der Waals surface area contributed by atoms with E-state index in [9.17, 15) is 19.5 Å². The van der Waals surface area contributed by atoms with Crippen molar-refractivity contribution in [1.82, 2.24) is 0 Å². The van der Waals surface area contributed by atoms with E-state index in [4.69, 9.17) is 42.5 Å². The molecule has 0 aliphatic carbocycles. The van der Waals surface area contributed by atoms with Gasteiger partial charge in [-0.3, -0.25) is 14.4 Å². The zero-order chi connectivity index (χ0) is 32.9. The van der Waals surface area contributed by atoms with Crippen LogP contribution in [0.1, 0.15) is 49.5 Å². The predicted molar refractivity (Wildman–Crippen MR) is 172 cm³/mol. The van der Waals surface area contributed by atoms with Crippen LogP contribution in [0.3, 0.4) is 0 Å². The van der Waals surface area contributed by atoms with Crippen LogP contribution in [0.25, 0.3) is 0 Å². The fraction of sp³-hybridized carbons (Fsp3) is 0.364. The Morgan fingerprint density at radius 2 is 1.78 bits per heavy atom. The van der Waals surface area contributed by atoms with Gasteiger partial charge >= 0.3 is 5.97 Å². The minimum atomic E-state index is -1.28. The number of amides is 2. The van der Waals surface area contributed by atoms with Crippen molar-refractivity contribution in [1.29, 1.82) is 0 Å². The largest absolute Gasteiger partial charge is 0.493 e. The van der Waals surface area contributed by atoms with Gasteiger partial charge in [0.05, 0.1) is 31.4 Å². The van der Waals surface area contributed by atoms with E-state index in [-0.39, 0.29) is 87.2 Å². The number of anilines is 2. The number of aliphatic hydroxyl groups is 1. The minimum absolute atomic E-state index is 0. The van der Waals surface area contributed by atoms with Crippen LogP contribution in [0.4, 0.5) is 11.4 Å². The van der Waals surface area contributed by atoms with E-state index in [1.54, 1.807) is 54.6 Å². The first-order valence-electron chi connectivity index (χ1n) is 14.3. The number of aryl methyl sites for hydroxylation is 1. The maximum absolute atomic E-state index is 14.3.